The van der Waals surface area contributed by atoms with Crippen LogP contribution < -0.4 is 15.7 Å². The van der Waals surface area contributed by atoms with Gasteiger partial charge in [0.15, 0.2) is 0 Å². The first kappa shape index (κ1) is 24.4. The molecule has 5 heteroatoms. The first-order valence-electron chi connectivity index (χ1n) is 12.1. The second kappa shape index (κ2) is 10.7. The number of hydrogen-bond donors (Lipinski definition) is 1. The van der Waals surface area contributed by atoms with Crippen LogP contribution in [0.15, 0.2) is 91.0 Å². The summed E-state index contributed by atoms with van der Waals surface area (Å²) in [7, 11) is -2.76. The summed E-state index contributed by atoms with van der Waals surface area (Å²) in [5, 5.41) is 5.75. The van der Waals surface area contributed by atoms with Gasteiger partial charge in [0.05, 0.1) is 12.0 Å². The van der Waals surface area contributed by atoms with Crippen molar-refractivity contribution in [1.29, 1.82) is 0 Å². The van der Waals surface area contributed by atoms with Crippen LogP contribution in [0.4, 0.5) is 0 Å². The van der Waals surface area contributed by atoms with Gasteiger partial charge in [0, 0.05) is 6.54 Å². The normalized spacial score (nSPS) is 18.9. The Balaban J connectivity index is 1.67. The van der Waals surface area contributed by atoms with E-state index in [9.17, 15) is 4.79 Å². The van der Waals surface area contributed by atoms with Gasteiger partial charge >= 0.3 is 5.97 Å². The zero-order chi connectivity index (χ0) is 24.0. The van der Waals surface area contributed by atoms with Crippen LogP contribution >= 0.6 is 0 Å². The molecule has 3 aromatic rings. The molecule has 0 aliphatic carbocycles. The summed E-state index contributed by atoms with van der Waals surface area (Å²) in [6.45, 7) is 8.49. The van der Waals surface area contributed by atoms with Crippen molar-refractivity contribution in [2.45, 2.75) is 44.9 Å². The molecule has 0 spiro atoms. The van der Waals surface area contributed by atoms with E-state index in [2.05, 4.69) is 74.6 Å². The second-order valence-electron chi connectivity index (χ2n) is 10.0. The quantitative estimate of drug-likeness (QED) is 0.411. The van der Waals surface area contributed by atoms with Crippen LogP contribution in [0.5, 0.6) is 0 Å². The maximum Gasteiger partial charge on any atom is 0.311 e. The van der Waals surface area contributed by atoms with Crippen LogP contribution in [0.3, 0.4) is 0 Å². The van der Waals surface area contributed by atoms with E-state index in [0.29, 0.717) is 13.0 Å². The lowest BCUT2D eigenvalue weighted by molar-refractivity contribution is -0.154. The third-order valence-corrected chi connectivity index (χ3v) is 11.8. The Labute approximate surface area is 204 Å². The Hall–Kier alpha value is -2.73. The first-order valence-corrected chi connectivity index (χ1v) is 14.0. The molecule has 1 heterocycles. The number of rotatable bonds is 7. The van der Waals surface area contributed by atoms with Crippen LogP contribution in [0, 0.1) is 5.92 Å². The Bertz CT molecular complexity index is 1010. The lowest BCUT2D eigenvalue weighted by atomic mass is 9.95. The molecule has 1 aliphatic heterocycles. The topological polar surface area (TPSA) is 47.6 Å². The maximum absolute atomic E-state index is 13.3. The van der Waals surface area contributed by atoms with Gasteiger partial charge in [0.25, 0.3) is 8.32 Å². The molecule has 1 saturated heterocycles. The number of carbonyl (C=O) groups is 1. The van der Waals surface area contributed by atoms with E-state index in [1.54, 1.807) is 0 Å². The number of piperidine rings is 1. The fourth-order valence-electron chi connectivity index (χ4n) is 4.98. The molecule has 0 bridgehead atoms. The summed E-state index contributed by atoms with van der Waals surface area (Å²) < 4.78 is 13.1. The molecule has 0 saturated carbocycles. The van der Waals surface area contributed by atoms with Crippen molar-refractivity contribution in [1.82, 2.24) is 5.32 Å². The summed E-state index contributed by atoms with van der Waals surface area (Å²) in [5.41, 5.74) is 0.995. The summed E-state index contributed by atoms with van der Waals surface area (Å²) in [6.07, 6.45) is 0.444. The second-order valence-corrected chi connectivity index (χ2v) is 14.3. The minimum absolute atomic E-state index is 0.147. The molecule has 178 valence electrons. The number of benzene rings is 3. The monoisotopic (exact) mass is 473 g/mol. The van der Waals surface area contributed by atoms with E-state index in [1.807, 2.05) is 42.5 Å². The minimum Gasteiger partial charge on any atom is -0.461 e. The molecule has 1 aliphatic rings. The van der Waals surface area contributed by atoms with Crippen molar-refractivity contribution < 1.29 is 14.0 Å². The highest BCUT2D eigenvalue weighted by atomic mass is 28.4. The van der Waals surface area contributed by atoms with Gasteiger partial charge in [-0.15, -0.1) is 0 Å². The average molecular weight is 474 g/mol. The zero-order valence-electron chi connectivity index (χ0n) is 20.4. The minimum atomic E-state index is -2.76. The molecular weight excluding hydrogens is 438 g/mol. The average Bonchev–Trinajstić information content (AvgIpc) is 2.87. The molecule has 34 heavy (non-hydrogen) atoms. The van der Waals surface area contributed by atoms with E-state index in [-0.39, 0.29) is 29.6 Å². The van der Waals surface area contributed by atoms with Crippen LogP contribution in [-0.4, -0.2) is 33.5 Å². The van der Waals surface area contributed by atoms with Gasteiger partial charge in [-0.05, 0) is 33.9 Å². The predicted molar refractivity (Wildman–Crippen MR) is 140 cm³/mol. The van der Waals surface area contributed by atoms with Gasteiger partial charge in [-0.25, -0.2) is 0 Å². The maximum atomic E-state index is 13.3. The highest BCUT2D eigenvalue weighted by Crippen LogP contribution is 2.39. The summed E-state index contributed by atoms with van der Waals surface area (Å²) in [5.74, 6) is -0.472. The fourth-order valence-corrected chi connectivity index (χ4v) is 9.69. The Morgan fingerprint density at radius 3 is 1.94 bits per heavy atom. The van der Waals surface area contributed by atoms with Gasteiger partial charge in [-0.1, -0.05) is 112 Å². The summed E-state index contributed by atoms with van der Waals surface area (Å²) >= 11 is 0. The van der Waals surface area contributed by atoms with Crippen molar-refractivity contribution in [3.05, 3.63) is 96.6 Å². The summed E-state index contributed by atoms with van der Waals surface area (Å²) in [4.78, 5) is 13.3. The Kier molecular flexibility index (Phi) is 7.66. The predicted octanol–water partition coefficient (Wildman–Crippen LogP) is 4.28. The van der Waals surface area contributed by atoms with Crippen LogP contribution in [0.1, 0.15) is 32.8 Å². The number of ether oxygens (including phenoxy) is 1. The number of nitrogens with one attached hydrogen (secondary N) is 1. The fraction of sp³-hybridized carbons (Fsp3) is 0.345. The van der Waals surface area contributed by atoms with Crippen molar-refractivity contribution in [3.8, 4) is 0 Å². The molecule has 0 amide bonds. The van der Waals surface area contributed by atoms with E-state index >= 15 is 0 Å². The van der Waals surface area contributed by atoms with E-state index in [0.717, 1.165) is 12.1 Å². The molecule has 3 aromatic carbocycles. The largest absolute Gasteiger partial charge is 0.461 e. The van der Waals surface area contributed by atoms with Crippen molar-refractivity contribution in [3.63, 3.8) is 0 Å². The molecule has 1 N–H and O–H groups in total. The third-order valence-electron chi connectivity index (χ3n) is 6.70. The summed E-state index contributed by atoms with van der Waals surface area (Å²) in [6, 6.07) is 31.0. The highest BCUT2D eigenvalue weighted by molar-refractivity contribution is 6.99. The van der Waals surface area contributed by atoms with Crippen LogP contribution in [0.2, 0.25) is 5.04 Å². The standard InChI is InChI=1S/C29H35NO3Si/c1-29(2,3)34(24-15-9-5-10-16-24,25-17-11-6-12-18-25)33-27-21-30-20-19-26(27)28(31)32-22-23-13-7-4-8-14-23/h4-18,26-27,30H,19-22H2,1-3H3. The smallest absolute Gasteiger partial charge is 0.311 e. The van der Waals surface area contributed by atoms with Gasteiger partial charge < -0.3 is 14.5 Å². The molecule has 2 unspecified atom stereocenters. The first-order chi connectivity index (χ1) is 16.4. The molecule has 4 nitrogen and oxygen atoms in total. The van der Waals surface area contributed by atoms with Gasteiger partial charge in [0.2, 0.25) is 0 Å². The molecule has 0 radical (unpaired) electrons. The SMILES string of the molecule is CC(C)(C)[Si](OC1CNCCC1C(=O)OCc1ccccc1)(c1ccccc1)c1ccccc1. The van der Waals surface area contributed by atoms with E-state index in [1.165, 1.54) is 10.4 Å². The zero-order valence-corrected chi connectivity index (χ0v) is 21.4. The van der Waals surface area contributed by atoms with Crippen molar-refractivity contribution in [2.24, 2.45) is 5.92 Å². The van der Waals surface area contributed by atoms with Gasteiger partial charge in [-0.2, -0.15) is 0 Å². The molecular formula is C29H35NO3Si. The molecule has 2 atom stereocenters. The van der Waals surface area contributed by atoms with Crippen molar-refractivity contribution in [2.75, 3.05) is 13.1 Å². The van der Waals surface area contributed by atoms with Crippen molar-refractivity contribution >= 4 is 24.7 Å². The van der Waals surface area contributed by atoms with Gasteiger partial charge in [-0.3, -0.25) is 4.79 Å². The third kappa shape index (κ3) is 5.17. The van der Waals surface area contributed by atoms with Gasteiger partial charge in [0.1, 0.15) is 6.61 Å². The lowest BCUT2D eigenvalue weighted by Crippen LogP contribution is -2.69. The molecule has 0 aromatic heterocycles. The number of hydrogen-bond acceptors (Lipinski definition) is 4. The highest BCUT2D eigenvalue weighted by Gasteiger charge is 2.53. The van der Waals surface area contributed by atoms with E-state index in [4.69, 9.17) is 9.16 Å². The lowest BCUT2D eigenvalue weighted by Gasteiger charge is -2.47. The number of esters is 1. The molecule has 4 rings (SSSR count). The van der Waals surface area contributed by atoms with Crippen LogP contribution in [-0.2, 0) is 20.6 Å². The number of carbonyl (C=O) groups excluding carboxylic acids is 1. The Morgan fingerprint density at radius 2 is 1.41 bits per heavy atom. The Morgan fingerprint density at radius 1 is 0.882 bits per heavy atom. The molecule has 1 fully saturated rings. The van der Waals surface area contributed by atoms with Crippen LogP contribution in [0.25, 0.3) is 0 Å². The van der Waals surface area contributed by atoms with E-state index < -0.39 is 8.32 Å².